The number of fused-ring (bicyclic) bond motifs is 3. The van der Waals surface area contributed by atoms with Gasteiger partial charge in [-0.3, -0.25) is 10.1 Å². The van der Waals surface area contributed by atoms with Gasteiger partial charge >= 0.3 is 12.1 Å². The van der Waals surface area contributed by atoms with Gasteiger partial charge in [0, 0.05) is 24.1 Å². The Morgan fingerprint density at radius 1 is 1.06 bits per heavy atom. The molecule has 1 amide bonds. The van der Waals surface area contributed by atoms with Crippen LogP contribution in [0.3, 0.4) is 0 Å². The molecule has 0 unspecified atom stereocenters. The number of rotatable bonds is 7. The molecule has 0 atom stereocenters. The first-order valence-electron chi connectivity index (χ1n) is 11.0. The summed E-state index contributed by atoms with van der Waals surface area (Å²) in [7, 11) is 1.22. The number of esters is 1. The first kappa shape index (κ1) is 23.7. The number of nitrogens with zero attached hydrogens (tertiary/aromatic N) is 1. The van der Waals surface area contributed by atoms with Crippen LogP contribution in [0.1, 0.15) is 38.5 Å². The highest BCUT2D eigenvalue weighted by Crippen LogP contribution is 2.44. The summed E-state index contributed by atoms with van der Waals surface area (Å²) >= 11 is 0. The summed E-state index contributed by atoms with van der Waals surface area (Å²) in [4.78, 5) is 35.1. The molecule has 0 fully saturated rings. The van der Waals surface area contributed by atoms with E-state index in [1.54, 1.807) is 12.2 Å². The quantitative estimate of drug-likeness (QED) is 0.286. The molecular formula is C27H24N2O6. The van der Waals surface area contributed by atoms with Gasteiger partial charge in [0.1, 0.15) is 6.61 Å². The Hall–Kier alpha value is -4.46. The fraction of sp³-hybridized carbons (Fsp3) is 0.185. The third kappa shape index (κ3) is 4.91. The third-order valence-electron chi connectivity index (χ3n) is 6.02. The number of carbonyl (C=O) groups excluding carboxylic acids is 2. The number of hydrogen-bond acceptors (Lipinski definition) is 6. The summed E-state index contributed by atoms with van der Waals surface area (Å²) in [5, 5.41) is 14.0. The highest BCUT2D eigenvalue weighted by Gasteiger charge is 2.29. The van der Waals surface area contributed by atoms with Crippen molar-refractivity contribution in [1.82, 2.24) is 5.32 Å². The number of nitrogens with one attached hydrogen (secondary N) is 1. The molecule has 1 N–H and O–H groups in total. The predicted octanol–water partition coefficient (Wildman–Crippen LogP) is 5.24. The Balaban J connectivity index is 1.37. The van der Waals surface area contributed by atoms with Crippen LogP contribution in [0.15, 0.2) is 66.7 Å². The molecule has 0 aromatic heterocycles. The van der Waals surface area contributed by atoms with E-state index in [2.05, 4.69) is 17.4 Å². The first-order valence-corrected chi connectivity index (χ1v) is 11.0. The number of ether oxygens (including phenoxy) is 2. The number of benzene rings is 3. The van der Waals surface area contributed by atoms with Crippen molar-refractivity contribution in [2.24, 2.45) is 0 Å². The average molecular weight is 472 g/mol. The highest BCUT2D eigenvalue weighted by atomic mass is 16.6. The molecular weight excluding hydrogens is 448 g/mol. The van der Waals surface area contributed by atoms with Gasteiger partial charge in [0.25, 0.3) is 5.69 Å². The first-order chi connectivity index (χ1) is 16.9. The molecule has 0 heterocycles. The van der Waals surface area contributed by atoms with Crippen molar-refractivity contribution < 1.29 is 24.0 Å². The average Bonchev–Trinajstić information content (AvgIpc) is 3.19. The molecule has 0 saturated carbocycles. The van der Waals surface area contributed by atoms with E-state index >= 15 is 0 Å². The normalized spacial score (nSPS) is 12.2. The predicted molar refractivity (Wildman–Crippen MR) is 131 cm³/mol. The van der Waals surface area contributed by atoms with E-state index in [1.807, 2.05) is 36.4 Å². The second-order valence-electron chi connectivity index (χ2n) is 8.07. The summed E-state index contributed by atoms with van der Waals surface area (Å²) < 4.78 is 10.2. The molecule has 0 radical (unpaired) electrons. The summed E-state index contributed by atoms with van der Waals surface area (Å²) in [5.74, 6) is -0.689. The Morgan fingerprint density at radius 3 is 2.29 bits per heavy atom. The van der Waals surface area contributed by atoms with Gasteiger partial charge in [-0.1, -0.05) is 60.7 Å². The molecule has 0 bridgehead atoms. The number of methoxy groups -OCH3 is 1. The molecule has 0 spiro atoms. The van der Waals surface area contributed by atoms with Gasteiger partial charge in [0.05, 0.1) is 17.6 Å². The molecule has 1 aliphatic carbocycles. The van der Waals surface area contributed by atoms with Crippen LogP contribution in [-0.2, 0) is 9.47 Å². The van der Waals surface area contributed by atoms with Gasteiger partial charge in [-0.2, -0.15) is 0 Å². The fourth-order valence-corrected chi connectivity index (χ4v) is 4.32. The van der Waals surface area contributed by atoms with Crippen molar-refractivity contribution in [2.45, 2.75) is 12.8 Å². The third-order valence-corrected chi connectivity index (χ3v) is 6.02. The molecule has 4 rings (SSSR count). The monoisotopic (exact) mass is 472 g/mol. The maximum Gasteiger partial charge on any atom is 0.407 e. The number of carbonyl (C=O) groups is 2. The fourth-order valence-electron chi connectivity index (χ4n) is 4.32. The van der Waals surface area contributed by atoms with E-state index in [4.69, 9.17) is 9.47 Å². The van der Waals surface area contributed by atoms with Gasteiger partial charge in [-0.15, -0.1) is 0 Å². The second kappa shape index (κ2) is 10.2. The zero-order valence-electron chi connectivity index (χ0n) is 19.3. The molecule has 35 heavy (non-hydrogen) atoms. The molecule has 8 nitrogen and oxygen atoms in total. The van der Waals surface area contributed by atoms with Crippen LogP contribution < -0.4 is 5.32 Å². The molecule has 8 heteroatoms. The Kier molecular flexibility index (Phi) is 6.91. The minimum atomic E-state index is -0.655. The van der Waals surface area contributed by atoms with Crippen molar-refractivity contribution >= 4 is 23.8 Å². The number of nitro groups is 1. The maximum absolute atomic E-state index is 12.3. The van der Waals surface area contributed by atoms with E-state index in [-0.39, 0.29) is 35.9 Å². The molecule has 1 aliphatic rings. The van der Waals surface area contributed by atoms with Gasteiger partial charge in [0.15, 0.2) is 0 Å². The van der Waals surface area contributed by atoms with Crippen LogP contribution in [0.5, 0.6) is 0 Å². The minimum Gasteiger partial charge on any atom is -0.465 e. The summed E-state index contributed by atoms with van der Waals surface area (Å²) in [6.45, 7) is 1.85. The van der Waals surface area contributed by atoms with E-state index in [0.717, 1.165) is 22.3 Å². The van der Waals surface area contributed by atoms with Gasteiger partial charge < -0.3 is 14.8 Å². The number of amides is 1. The summed E-state index contributed by atoms with van der Waals surface area (Å²) in [6.07, 6.45) is 2.64. The van der Waals surface area contributed by atoms with Crippen LogP contribution in [-0.4, -0.2) is 37.2 Å². The SMILES string of the molecule is COC(=O)c1cc(C=CCNC(=O)OCC2c3ccccc3-c3ccccc32)cc([N+](=O)[O-])c1C. The van der Waals surface area contributed by atoms with E-state index < -0.39 is 17.0 Å². The Morgan fingerprint density at radius 2 is 1.69 bits per heavy atom. The highest BCUT2D eigenvalue weighted by molar-refractivity contribution is 5.93. The number of nitro benzene ring substituents is 1. The number of alkyl carbamates (subject to hydrolysis) is 1. The summed E-state index contributed by atoms with van der Waals surface area (Å²) in [5.41, 5.74) is 5.17. The summed E-state index contributed by atoms with van der Waals surface area (Å²) in [6, 6.07) is 19.1. The van der Waals surface area contributed by atoms with Crippen LogP contribution >= 0.6 is 0 Å². The van der Waals surface area contributed by atoms with Crippen molar-refractivity contribution in [3.63, 3.8) is 0 Å². The standard InChI is InChI=1S/C27H24N2O6/c1-17-23(26(30)34-2)14-18(15-25(17)29(32)33)8-7-13-28-27(31)35-16-24-21-11-5-3-9-19(21)20-10-4-6-12-22(20)24/h3-12,14-15,24H,13,16H2,1-2H3,(H,28,31). The lowest BCUT2D eigenvalue weighted by Crippen LogP contribution is -2.26. The maximum atomic E-state index is 12.3. The largest absolute Gasteiger partial charge is 0.465 e. The lowest BCUT2D eigenvalue weighted by molar-refractivity contribution is -0.385. The lowest BCUT2D eigenvalue weighted by atomic mass is 9.98. The minimum absolute atomic E-state index is 0.0338. The van der Waals surface area contributed by atoms with Gasteiger partial charge in [0.2, 0.25) is 0 Å². The molecule has 0 aliphatic heterocycles. The smallest absolute Gasteiger partial charge is 0.407 e. The van der Waals surface area contributed by atoms with Crippen LogP contribution in [0.2, 0.25) is 0 Å². The zero-order chi connectivity index (χ0) is 24.9. The Bertz CT molecular complexity index is 1290. The second-order valence-corrected chi connectivity index (χ2v) is 8.07. The Labute approximate surface area is 202 Å². The van der Waals surface area contributed by atoms with Crippen LogP contribution in [0, 0.1) is 17.0 Å². The zero-order valence-corrected chi connectivity index (χ0v) is 19.3. The van der Waals surface area contributed by atoms with Crippen LogP contribution in [0.4, 0.5) is 10.5 Å². The van der Waals surface area contributed by atoms with E-state index in [9.17, 15) is 19.7 Å². The molecule has 3 aromatic carbocycles. The van der Waals surface area contributed by atoms with Crippen molar-refractivity contribution in [3.05, 3.63) is 105 Å². The lowest BCUT2D eigenvalue weighted by Gasteiger charge is -2.14. The van der Waals surface area contributed by atoms with E-state index in [0.29, 0.717) is 5.56 Å². The van der Waals surface area contributed by atoms with Gasteiger partial charge in [-0.05, 0) is 40.8 Å². The van der Waals surface area contributed by atoms with E-state index in [1.165, 1.54) is 26.2 Å². The van der Waals surface area contributed by atoms with Crippen molar-refractivity contribution in [2.75, 3.05) is 20.3 Å². The van der Waals surface area contributed by atoms with Crippen LogP contribution in [0.25, 0.3) is 17.2 Å². The van der Waals surface area contributed by atoms with Gasteiger partial charge in [-0.25, -0.2) is 9.59 Å². The topological polar surface area (TPSA) is 108 Å². The molecule has 178 valence electrons. The van der Waals surface area contributed by atoms with Crippen molar-refractivity contribution in [1.29, 1.82) is 0 Å². The number of hydrogen-bond donors (Lipinski definition) is 1. The molecule has 3 aromatic rings. The van der Waals surface area contributed by atoms with Crippen molar-refractivity contribution in [3.8, 4) is 11.1 Å². The molecule has 0 saturated heterocycles.